The lowest BCUT2D eigenvalue weighted by Gasteiger charge is -2.47. The largest absolute Gasteiger partial charge is 0.460 e. The zero-order chi connectivity index (χ0) is 9.47. The van der Waals surface area contributed by atoms with Gasteiger partial charge in [0, 0.05) is 6.42 Å². The van der Waals surface area contributed by atoms with E-state index in [1.807, 2.05) is 6.92 Å². The van der Waals surface area contributed by atoms with E-state index >= 15 is 0 Å². The lowest BCUT2D eigenvalue weighted by Crippen LogP contribution is -2.56. The normalized spacial score (nSPS) is 42.7. The van der Waals surface area contributed by atoms with Crippen molar-refractivity contribution in [2.45, 2.75) is 37.9 Å². The monoisotopic (exact) mass is 184 g/mol. The lowest BCUT2D eigenvalue weighted by molar-refractivity contribution is -0.214. The number of carbonyl (C=O) groups excluding carboxylic acids is 2. The molecule has 0 amide bonds. The third kappa shape index (κ3) is 1.20. The number of hydrogen-bond acceptors (Lipinski definition) is 4. The molecule has 0 aromatic heterocycles. The molecule has 0 aromatic rings. The highest BCUT2D eigenvalue weighted by Gasteiger charge is 2.52. The van der Waals surface area contributed by atoms with Gasteiger partial charge < -0.3 is 9.47 Å². The van der Waals surface area contributed by atoms with Crippen molar-refractivity contribution in [3.63, 3.8) is 0 Å². The quantitative estimate of drug-likeness (QED) is 0.467. The smallest absolute Gasteiger partial charge is 0.309 e. The van der Waals surface area contributed by atoms with Gasteiger partial charge in [-0.1, -0.05) is 0 Å². The minimum absolute atomic E-state index is 0.0632. The van der Waals surface area contributed by atoms with Crippen LogP contribution in [0.1, 0.15) is 26.2 Å². The zero-order valence-corrected chi connectivity index (χ0v) is 7.49. The molecule has 3 atom stereocenters. The Hall–Kier alpha value is -1.06. The molecular formula is C9H12O4. The summed E-state index contributed by atoms with van der Waals surface area (Å²) in [6, 6.07) is 0. The fourth-order valence-electron chi connectivity index (χ4n) is 2.16. The van der Waals surface area contributed by atoms with Gasteiger partial charge in [-0.05, 0) is 19.8 Å². The summed E-state index contributed by atoms with van der Waals surface area (Å²) in [6.45, 7) is 2.26. The van der Waals surface area contributed by atoms with E-state index in [1.54, 1.807) is 0 Å². The van der Waals surface area contributed by atoms with Crippen LogP contribution in [0.2, 0.25) is 0 Å². The van der Waals surface area contributed by atoms with Crippen molar-refractivity contribution in [1.82, 2.24) is 0 Å². The molecule has 1 saturated carbocycles. The topological polar surface area (TPSA) is 52.6 Å². The van der Waals surface area contributed by atoms with E-state index in [0.29, 0.717) is 12.9 Å². The van der Waals surface area contributed by atoms with Crippen molar-refractivity contribution >= 4 is 12.4 Å². The molecule has 0 N–H and O–H groups in total. The molecule has 0 spiro atoms. The van der Waals surface area contributed by atoms with Crippen molar-refractivity contribution in [2.75, 3.05) is 0 Å². The molecule has 0 aromatic carbocycles. The highest BCUT2D eigenvalue weighted by Crippen LogP contribution is 2.42. The maximum atomic E-state index is 11.2. The van der Waals surface area contributed by atoms with Gasteiger partial charge in [0.15, 0.2) is 0 Å². The van der Waals surface area contributed by atoms with E-state index in [0.717, 1.165) is 12.8 Å². The van der Waals surface area contributed by atoms with Gasteiger partial charge in [-0.15, -0.1) is 0 Å². The Kier molecular flexibility index (Phi) is 1.78. The van der Waals surface area contributed by atoms with E-state index in [-0.39, 0.29) is 18.0 Å². The van der Waals surface area contributed by atoms with Gasteiger partial charge in [0.1, 0.15) is 11.7 Å². The number of esters is 1. The van der Waals surface area contributed by atoms with Crippen molar-refractivity contribution in [2.24, 2.45) is 5.92 Å². The first-order valence-corrected chi connectivity index (χ1v) is 4.48. The van der Waals surface area contributed by atoms with Crippen LogP contribution in [-0.2, 0) is 19.1 Å². The molecule has 3 unspecified atom stereocenters. The molecule has 2 saturated heterocycles. The summed E-state index contributed by atoms with van der Waals surface area (Å²) in [5.41, 5.74) is -0.577. The second kappa shape index (κ2) is 2.72. The van der Waals surface area contributed by atoms with Crippen molar-refractivity contribution in [3.05, 3.63) is 0 Å². The third-order valence-corrected chi connectivity index (χ3v) is 3.06. The molecule has 72 valence electrons. The Balaban J connectivity index is 2.17. The Morgan fingerprint density at radius 3 is 3.00 bits per heavy atom. The van der Waals surface area contributed by atoms with Crippen LogP contribution in [0.3, 0.4) is 0 Å². The Bertz CT molecular complexity index is 250. The average Bonchev–Trinajstić information content (AvgIpc) is 2.07. The standard InChI is InChI=1S/C9H12O4/c1-9-3-2-6(8(11)13-9)4-7(9)12-5-10/h5-7H,2-4H2,1H3. The first kappa shape index (κ1) is 8.53. The number of ether oxygens (including phenoxy) is 2. The molecule has 2 heterocycles. The van der Waals surface area contributed by atoms with Crippen LogP contribution in [0.25, 0.3) is 0 Å². The molecule has 0 radical (unpaired) electrons. The van der Waals surface area contributed by atoms with E-state index < -0.39 is 5.60 Å². The highest BCUT2D eigenvalue weighted by atomic mass is 16.6. The molecule has 2 bridgehead atoms. The fraction of sp³-hybridized carbons (Fsp3) is 0.778. The van der Waals surface area contributed by atoms with Gasteiger partial charge in [-0.2, -0.15) is 0 Å². The maximum absolute atomic E-state index is 11.2. The Morgan fingerprint density at radius 1 is 1.69 bits per heavy atom. The highest BCUT2D eigenvalue weighted by molar-refractivity contribution is 5.75. The van der Waals surface area contributed by atoms with E-state index in [9.17, 15) is 9.59 Å². The summed E-state index contributed by atoms with van der Waals surface area (Å²) in [7, 11) is 0. The average molecular weight is 184 g/mol. The molecule has 3 aliphatic rings. The van der Waals surface area contributed by atoms with Crippen LogP contribution in [0.5, 0.6) is 0 Å². The Labute approximate surface area is 76.2 Å². The lowest BCUT2D eigenvalue weighted by atomic mass is 9.74. The van der Waals surface area contributed by atoms with Crippen LogP contribution < -0.4 is 0 Å². The second-order valence-electron chi connectivity index (χ2n) is 3.93. The van der Waals surface area contributed by atoms with Gasteiger partial charge in [0.25, 0.3) is 6.47 Å². The molecule has 13 heavy (non-hydrogen) atoms. The molecule has 3 rings (SSSR count). The van der Waals surface area contributed by atoms with E-state index in [1.165, 1.54) is 0 Å². The van der Waals surface area contributed by atoms with E-state index in [2.05, 4.69) is 0 Å². The fourth-order valence-corrected chi connectivity index (χ4v) is 2.16. The molecular weight excluding hydrogens is 172 g/mol. The summed E-state index contributed by atoms with van der Waals surface area (Å²) < 4.78 is 10.1. The number of fused-ring (bicyclic) bond motifs is 3. The first-order valence-electron chi connectivity index (χ1n) is 4.48. The summed E-state index contributed by atoms with van der Waals surface area (Å²) >= 11 is 0. The second-order valence-corrected chi connectivity index (χ2v) is 3.93. The predicted molar refractivity (Wildman–Crippen MR) is 42.8 cm³/mol. The summed E-state index contributed by atoms with van der Waals surface area (Å²) in [5.74, 6) is -0.203. The molecule has 4 nitrogen and oxygen atoms in total. The van der Waals surface area contributed by atoms with Crippen LogP contribution >= 0.6 is 0 Å². The van der Waals surface area contributed by atoms with Gasteiger partial charge in [0.05, 0.1) is 5.92 Å². The minimum Gasteiger partial charge on any atom is -0.460 e. The van der Waals surface area contributed by atoms with Crippen molar-refractivity contribution in [3.8, 4) is 0 Å². The van der Waals surface area contributed by atoms with Gasteiger partial charge in [-0.3, -0.25) is 9.59 Å². The number of rotatable bonds is 2. The van der Waals surface area contributed by atoms with Crippen LogP contribution in [-0.4, -0.2) is 24.1 Å². The van der Waals surface area contributed by atoms with Crippen molar-refractivity contribution < 1.29 is 19.1 Å². The van der Waals surface area contributed by atoms with Crippen LogP contribution in [0, 0.1) is 5.92 Å². The molecule has 2 aliphatic heterocycles. The van der Waals surface area contributed by atoms with Gasteiger partial charge in [-0.25, -0.2) is 0 Å². The van der Waals surface area contributed by atoms with Gasteiger partial charge in [0.2, 0.25) is 0 Å². The number of hydrogen-bond donors (Lipinski definition) is 0. The number of carbonyl (C=O) groups is 2. The zero-order valence-electron chi connectivity index (χ0n) is 7.49. The molecule has 3 fully saturated rings. The third-order valence-electron chi connectivity index (χ3n) is 3.06. The summed E-state index contributed by atoms with van der Waals surface area (Å²) in [5, 5.41) is 0. The summed E-state index contributed by atoms with van der Waals surface area (Å²) in [6.07, 6.45) is 2.02. The first-order chi connectivity index (χ1) is 6.15. The SMILES string of the molecule is CC12CCC(CC1OC=O)C(=O)O2. The van der Waals surface area contributed by atoms with Crippen molar-refractivity contribution in [1.29, 1.82) is 0 Å². The molecule has 1 aliphatic carbocycles. The maximum Gasteiger partial charge on any atom is 0.309 e. The van der Waals surface area contributed by atoms with Crippen LogP contribution in [0.4, 0.5) is 0 Å². The van der Waals surface area contributed by atoms with Crippen LogP contribution in [0.15, 0.2) is 0 Å². The van der Waals surface area contributed by atoms with E-state index in [4.69, 9.17) is 9.47 Å². The Morgan fingerprint density at radius 2 is 2.46 bits per heavy atom. The predicted octanol–water partition coefficient (Wildman–Crippen LogP) is 0.644. The summed E-state index contributed by atoms with van der Waals surface area (Å²) in [4.78, 5) is 21.5. The minimum atomic E-state index is -0.577. The molecule has 4 heteroatoms. The van der Waals surface area contributed by atoms with Gasteiger partial charge >= 0.3 is 5.97 Å².